The van der Waals surface area contributed by atoms with Crippen LogP contribution in [0, 0.1) is 0 Å². The van der Waals surface area contributed by atoms with Crippen LogP contribution in [0.3, 0.4) is 0 Å². The van der Waals surface area contributed by atoms with E-state index in [9.17, 15) is 14.4 Å². The van der Waals surface area contributed by atoms with Gasteiger partial charge in [-0.3, -0.25) is 14.9 Å². The molecule has 0 saturated heterocycles. The normalized spacial score (nSPS) is 15.0. The van der Waals surface area contributed by atoms with E-state index in [1.165, 1.54) is 0 Å². The second-order valence-corrected chi connectivity index (χ2v) is 6.74. The number of nitrogens with one attached hydrogen (secondary N) is 4. The molecule has 0 heterocycles. The number of methoxy groups -OCH3 is 1. The summed E-state index contributed by atoms with van der Waals surface area (Å²) < 4.78 is 5.08. The predicted molar refractivity (Wildman–Crippen MR) is 102 cm³/mol. The lowest BCUT2D eigenvalue weighted by atomic mass is 10.2. The van der Waals surface area contributed by atoms with Crippen molar-refractivity contribution in [3.63, 3.8) is 0 Å². The van der Waals surface area contributed by atoms with E-state index in [0.717, 1.165) is 30.6 Å². The van der Waals surface area contributed by atoms with Gasteiger partial charge in [-0.15, -0.1) is 0 Å². The number of imide groups is 1. The molecular formula is C19H29N4O4+. The van der Waals surface area contributed by atoms with Crippen molar-refractivity contribution in [2.45, 2.75) is 38.6 Å². The van der Waals surface area contributed by atoms with Crippen molar-refractivity contribution < 1.29 is 24.0 Å². The first-order valence-electron chi connectivity index (χ1n) is 9.38. The molecule has 1 fully saturated rings. The summed E-state index contributed by atoms with van der Waals surface area (Å²) in [5.41, 5.74) is 0.664. The average Bonchev–Trinajstić information content (AvgIpc) is 3.14. The maximum atomic E-state index is 12.2. The van der Waals surface area contributed by atoms with Gasteiger partial charge in [0.25, 0.3) is 11.8 Å². The molecule has 148 valence electrons. The van der Waals surface area contributed by atoms with E-state index in [1.54, 1.807) is 31.4 Å². The fraction of sp³-hybridized carbons (Fsp3) is 0.526. The Hall–Kier alpha value is -2.61. The number of hydrogen-bond acceptors (Lipinski definition) is 4. The molecule has 27 heavy (non-hydrogen) atoms. The number of rotatable bonds is 8. The number of benzene rings is 1. The molecule has 0 aliphatic heterocycles. The monoisotopic (exact) mass is 377 g/mol. The summed E-state index contributed by atoms with van der Waals surface area (Å²) in [5, 5.41) is 7.96. The number of amides is 4. The number of carbonyl (C=O) groups excluding carboxylic acids is 3. The lowest BCUT2D eigenvalue weighted by Gasteiger charge is -2.17. The zero-order valence-electron chi connectivity index (χ0n) is 16.0. The van der Waals surface area contributed by atoms with Crippen LogP contribution in [0.2, 0.25) is 0 Å². The summed E-state index contributed by atoms with van der Waals surface area (Å²) in [4.78, 5) is 36.9. The van der Waals surface area contributed by atoms with Gasteiger partial charge in [-0.25, -0.2) is 4.79 Å². The molecule has 1 saturated carbocycles. The molecule has 1 aromatic carbocycles. The van der Waals surface area contributed by atoms with Gasteiger partial charge >= 0.3 is 6.03 Å². The molecule has 4 amide bonds. The Morgan fingerprint density at radius 3 is 2.30 bits per heavy atom. The van der Waals surface area contributed by atoms with Crippen molar-refractivity contribution in [3.8, 4) is 5.75 Å². The summed E-state index contributed by atoms with van der Waals surface area (Å²) in [6.45, 7) is 2.68. The van der Waals surface area contributed by atoms with Crippen molar-refractivity contribution >= 4 is 23.5 Å². The Kier molecular flexibility index (Phi) is 8.06. The predicted octanol–water partition coefficient (Wildman–Crippen LogP) is 0.307. The molecule has 0 aromatic heterocycles. The third kappa shape index (κ3) is 7.26. The van der Waals surface area contributed by atoms with Gasteiger partial charge in [-0.1, -0.05) is 12.8 Å². The van der Waals surface area contributed by atoms with Crippen molar-refractivity contribution in [2.24, 2.45) is 0 Å². The summed E-state index contributed by atoms with van der Waals surface area (Å²) in [5.74, 6) is 0.126. The number of anilines is 1. The van der Waals surface area contributed by atoms with Crippen molar-refractivity contribution in [2.75, 3.05) is 32.1 Å². The van der Waals surface area contributed by atoms with Crippen LogP contribution in [0.5, 0.6) is 5.75 Å². The second-order valence-electron chi connectivity index (χ2n) is 6.74. The number of urea groups is 1. The molecule has 0 spiro atoms. The minimum Gasteiger partial charge on any atom is -0.497 e. The fourth-order valence-electron chi connectivity index (χ4n) is 3.11. The minimum absolute atomic E-state index is 0.0601. The summed E-state index contributed by atoms with van der Waals surface area (Å²) in [7, 11) is 1.58. The molecule has 0 radical (unpaired) electrons. The molecule has 4 N–H and O–H groups in total. The SMILES string of the molecule is CC[NH+](CC(=O)NC(=O)NC1CCCC1)CC(=O)Nc1ccc(OC)cc1. The Morgan fingerprint density at radius 1 is 1.07 bits per heavy atom. The third-order valence-electron chi connectivity index (χ3n) is 4.64. The number of quaternary nitrogens is 1. The summed E-state index contributed by atoms with van der Waals surface area (Å²) in [6.07, 6.45) is 4.13. The van der Waals surface area contributed by atoms with E-state index >= 15 is 0 Å². The Labute approximate surface area is 159 Å². The maximum Gasteiger partial charge on any atom is 0.321 e. The van der Waals surface area contributed by atoms with Gasteiger partial charge in [0, 0.05) is 11.7 Å². The van der Waals surface area contributed by atoms with Crippen molar-refractivity contribution in [3.05, 3.63) is 24.3 Å². The highest BCUT2D eigenvalue weighted by atomic mass is 16.5. The first-order valence-corrected chi connectivity index (χ1v) is 9.38. The number of hydrogen-bond donors (Lipinski definition) is 4. The molecule has 8 heteroatoms. The topological polar surface area (TPSA) is 101 Å². The van der Waals surface area contributed by atoms with Gasteiger partial charge in [0.05, 0.1) is 13.7 Å². The smallest absolute Gasteiger partial charge is 0.321 e. The van der Waals surface area contributed by atoms with Gasteiger partial charge in [-0.05, 0) is 44.0 Å². The highest BCUT2D eigenvalue weighted by Gasteiger charge is 2.21. The zero-order chi connectivity index (χ0) is 19.6. The Morgan fingerprint density at radius 2 is 1.70 bits per heavy atom. The molecule has 1 unspecified atom stereocenters. The van der Waals surface area contributed by atoms with Crippen LogP contribution >= 0.6 is 0 Å². The van der Waals surface area contributed by atoms with Gasteiger partial charge < -0.3 is 20.3 Å². The first-order chi connectivity index (χ1) is 13.0. The fourth-order valence-corrected chi connectivity index (χ4v) is 3.11. The van der Waals surface area contributed by atoms with E-state index in [-0.39, 0.29) is 30.9 Å². The van der Waals surface area contributed by atoms with Crippen molar-refractivity contribution in [1.82, 2.24) is 10.6 Å². The standard InChI is InChI=1S/C19H28N4O4/c1-3-23(12-17(24)20-15-8-10-16(27-2)11-9-15)13-18(25)22-19(26)21-14-6-4-5-7-14/h8-11,14H,3-7,12-13H2,1-2H3,(H,20,24)(H2,21,22,25,26)/p+1. The lowest BCUT2D eigenvalue weighted by Crippen LogP contribution is -3.14. The highest BCUT2D eigenvalue weighted by molar-refractivity contribution is 5.95. The summed E-state index contributed by atoms with van der Waals surface area (Å²) in [6, 6.07) is 6.73. The van der Waals surface area contributed by atoms with Crippen LogP contribution in [0.15, 0.2) is 24.3 Å². The number of likely N-dealkylation sites (N-methyl/N-ethyl adjacent to an activating group) is 1. The molecule has 1 atom stereocenters. The largest absolute Gasteiger partial charge is 0.497 e. The van der Waals surface area contributed by atoms with Gasteiger partial charge in [0.1, 0.15) is 5.75 Å². The van der Waals surface area contributed by atoms with Gasteiger partial charge in [0.2, 0.25) is 0 Å². The van der Waals surface area contributed by atoms with Crippen LogP contribution < -0.4 is 25.6 Å². The van der Waals surface area contributed by atoms with E-state index in [1.807, 2.05) is 6.92 Å². The van der Waals surface area contributed by atoms with Gasteiger partial charge in [-0.2, -0.15) is 0 Å². The minimum atomic E-state index is -0.454. The maximum absolute atomic E-state index is 12.2. The number of ether oxygens (including phenoxy) is 1. The molecule has 1 aliphatic rings. The molecular weight excluding hydrogens is 348 g/mol. The van der Waals surface area contributed by atoms with Crippen LogP contribution in [0.25, 0.3) is 0 Å². The first kappa shape index (κ1) is 20.7. The molecule has 0 bridgehead atoms. The molecule has 1 aliphatic carbocycles. The quantitative estimate of drug-likeness (QED) is 0.524. The van der Waals surface area contributed by atoms with Crippen LogP contribution in [-0.2, 0) is 9.59 Å². The van der Waals surface area contributed by atoms with E-state index in [2.05, 4.69) is 16.0 Å². The highest BCUT2D eigenvalue weighted by Crippen LogP contribution is 2.17. The third-order valence-corrected chi connectivity index (χ3v) is 4.64. The van der Waals surface area contributed by atoms with E-state index in [4.69, 9.17) is 4.74 Å². The van der Waals surface area contributed by atoms with Crippen LogP contribution in [-0.4, -0.2) is 50.6 Å². The van der Waals surface area contributed by atoms with Crippen LogP contribution in [0.4, 0.5) is 10.5 Å². The molecule has 8 nitrogen and oxygen atoms in total. The van der Waals surface area contributed by atoms with Gasteiger partial charge in [0.15, 0.2) is 13.1 Å². The second kappa shape index (κ2) is 10.5. The Balaban J connectivity index is 1.74. The lowest BCUT2D eigenvalue weighted by molar-refractivity contribution is -0.881. The molecule has 1 aromatic rings. The zero-order valence-corrected chi connectivity index (χ0v) is 16.0. The average molecular weight is 377 g/mol. The Bertz CT molecular complexity index is 642. The molecule has 2 rings (SSSR count). The van der Waals surface area contributed by atoms with E-state index < -0.39 is 6.03 Å². The summed E-state index contributed by atoms with van der Waals surface area (Å²) >= 11 is 0. The number of carbonyl (C=O) groups is 3. The van der Waals surface area contributed by atoms with Crippen molar-refractivity contribution in [1.29, 1.82) is 0 Å². The van der Waals surface area contributed by atoms with E-state index in [0.29, 0.717) is 18.0 Å². The van der Waals surface area contributed by atoms with Crippen LogP contribution in [0.1, 0.15) is 32.6 Å².